The summed E-state index contributed by atoms with van der Waals surface area (Å²) in [6, 6.07) is 6.51. The van der Waals surface area contributed by atoms with E-state index in [1.54, 1.807) is 0 Å². The highest BCUT2D eigenvalue weighted by Crippen LogP contribution is 2.31. The molecule has 0 saturated heterocycles. The molecule has 2 aromatic rings. The molecular formula is C12H11BrClNO. The van der Waals surface area contributed by atoms with Crippen LogP contribution in [-0.4, -0.2) is 6.04 Å². The maximum absolute atomic E-state index is 5.98. The Labute approximate surface area is 107 Å². The number of rotatable bonds is 3. The van der Waals surface area contributed by atoms with Gasteiger partial charge in [-0.3, -0.25) is 0 Å². The molecule has 1 aromatic carbocycles. The lowest BCUT2D eigenvalue weighted by molar-refractivity contribution is 0.511. The van der Waals surface area contributed by atoms with E-state index < -0.39 is 0 Å². The van der Waals surface area contributed by atoms with Crippen molar-refractivity contribution in [3.05, 3.63) is 33.5 Å². The maximum Gasteiger partial charge on any atom is 0.148 e. The lowest BCUT2D eigenvalue weighted by Gasteiger charge is -1.97. The van der Waals surface area contributed by atoms with Gasteiger partial charge < -0.3 is 9.73 Å². The Bertz CT molecular complexity index is 533. The highest BCUT2D eigenvalue weighted by atomic mass is 79.9. The van der Waals surface area contributed by atoms with Gasteiger partial charge in [0.15, 0.2) is 0 Å². The molecule has 0 amide bonds. The highest BCUT2D eigenvalue weighted by Gasteiger charge is 2.20. The van der Waals surface area contributed by atoms with Gasteiger partial charge in [0.1, 0.15) is 11.3 Å². The van der Waals surface area contributed by atoms with Crippen LogP contribution in [-0.2, 0) is 6.54 Å². The minimum Gasteiger partial charge on any atom is -0.459 e. The van der Waals surface area contributed by atoms with Crippen LogP contribution in [0.2, 0.25) is 5.02 Å². The van der Waals surface area contributed by atoms with E-state index in [9.17, 15) is 0 Å². The van der Waals surface area contributed by atoms with Crippen LogP contribution in [0.3, 0.4) is 0 Å². The predicted octanol–water partition coefficient (Wildman–Crippen LogP) is 4.10. The van der Waals surface area contributed by atoms with Crippen molar-refractivity contribution >= 4 is 38.5 Å². The van der Waals surface area contributed by atoms with Gasteiger partial charge in [0.25, 0.3) is 0 Å². The van der Waals surface area contributed by atoms with Crippen LogP contribution in [0.1, 0.15) is 18.6 Å². The Morgan fingerprint density at radius 2 is 2.19 bits per heavy atom. The summed E-state index contributed by atoms with van der Waals surface area (Å²) < 4.78 is 6.67. The second-order valence-electron chi connectivity index (χ2n) is 4.17. The first-order valence-corrected chi connectivity index (χ1v) is 6.50. The second-order valence-corrected chi connectivity index (χ2v) is 5.46. The van der Waals surface area contributed by atoms with Crippen LogP contribution >= 0.6 is 27.5 Å². The van der Waals surface area contributed by atoms with Crippen LogP contribution in [0.15, 0.2) is 27.1 Å². The maximum atomic E-state index is 5.98. The molecule has 0 aliphatic heterocycles. The van der Waals surface area contributed by atoms with E-state index in [0.29, 0.717) is 6.04 Å². The molecule has 3 rings (SSSR count). The molecule has 84 valence electrons. The van der Waals surface area contributed by atoms with E-state index in [1.165, 1.54) is 12.8 Å². The lowest BCUT2D eigenvalue weighted by atomic mass is 10.2. The third-order valence-electron chi connectivity index (χ3n) is 2.73. The first kappa shape index (κ1) is 10.6. The summed E-state index contributed by atoms with van der Waals surface area (Å²) in [4.78, 5) is 0. The summed E-state index contributed by atoms with van der Waals surface area (Å²) >= 11 is 9.44. The summed E-state index contributed by atoms with van der Waals surface area (Å²) in [5.74, 6) is 0.963. The summed E-state index contributed by atoms with van der Waals surface area (Å²) in [6.45, 7) is 0.795. The second kappa shape index (κ2) is 4.06. The van der Waals surface area contributed by atoms with Gasteiger partial charge in [0.2, 0.25) is 0 Å². The van der Waals surface area contributed by atoms with Crippen molar-refractivity contribution in [2.45, 2.75) is 25.4 Å². The van der Waals surface area contributed by atoms with Gasteiger partial charge in [-0.05, 0) is 47.0 Å². The molecule has 1 saturated carbocycles. The molecular weight excluding hydrogens is 289 g/mol. The summed E-state index contributed by atoms with van der Waals surface area (Å²) in [5.41, 5.74) is 0.872. The largest absolute Gasteiger partial charge is 0.459 e. The first-order valence-electron chi connectivity index (χ1n) is 5.33. The monoisotopic (exact) mass is 299 g/mol. The summed E-state index contributed by atoms with van der Waals surface area (Å²) in [7, 11) is 0. The third-order valence-corrected chi connectivity index (χ3v) is 3.54. The average molecular weight is 301 g/mol. The van der Waals surface area contributed by atoms with E-state index in [0.717, 1.165) is 32.8 Å². The van der Waals surface area contributed by atoms with Gasteiger partial charge in [-0.25, -0.2) is 0 Å². The van der Waals surface area contributed by atoms with Gasteiger partial charge in [-0.1, -0.05) is 11.6 Å². The third kappa shape index (κ3) is 2.12. The molecule has 2 nitrogen and oxygen atoms in total. The molecule has 1 aromatic heterocycles. The number of hydrogen-bond donors (Lipinski definition) is 1. The summed E-state index contributed by atoms with van der Waals surface area (Å²) in [6.07, 6.45) is 2.57. The summed E-state index contributed by atoms with van der Waals surface area (Å²) in [5, 5.41) is 5.20. The zero-order valence-corrected chi connectivity index (χ0v) is 10.9. The van der Waals surface area contributed by atoms with Crippen LogP contribution in [0.25, 0.3) is 11.0 Å². The smallest absolute Gasteiger partial charge is 0.148 e. The molecule has 1 aliphatic carbocycles. The number of fused-ring (bicyclic) bond motifs is 1. The Balaban J connectivity index is 1.91. The predicted molar refractivity (Wildman–Crippen MR) is 68.8 cm³/mol. The Morgan fingerprint density at radius 1 is 1.38 bits per heavy atom. The van der Waals surface area contributed by atoms with Crippen molar-refractivity contribution < 1.29 is 4.42 Å². The fourth-order valence-electron chi connectivity index (χ4n) is 1.75. The molecule has 1 heterocycles. The molecule has 1 aliphatic rings. The average Bonchev–Trinajstić information content (AvgIpc) is 2.96. The molecule has 16 heavy (non-hydrogen) atoms. The van der Waals surface area contributed by atoms with Crippen molar-refractivity contribution in [3.63, 3.8) is 0 Å². The minimum atomic E-state index is 0.695. The topological polar surface area (TPSA) is 25.2 Å². The molecule has 0 radical (unpaired) electrons. The Hall–Kier alpha value is -0.510. The van der Waals surface area contributed by atoms with Crippen molar-refractivity contribution in [1.29, 1.82) is 0 Å². The number of nitrogens with one attached hydrogen (secondary N) is 1. The number of furan rings is 1. The van der Waals surface area contributed by atoms with Crippen LogP contribution < -0.4 is 5.32 Å². The van der Waals surface area contributed by atoms with Gasteiger partial charge in [-0.15, -0.1) is 0 Å². The Morgan fingerprint density at radius 3 is 2.94 bits per heavy atom. The zero-order valence-electron chi connectivity index (χ0n) is 8.59. The minimum absolute atomic E-state index is 0.695. The molecule has 0 unspecified atom stereocenters. The lowest BCUT2D eigenvalue weighted by Crippen LogP contribution is -2.14. The van der Waals surface area contributed by atoms with Crippen molar-refractivity contribution in [2.24, 2.45) is 0 Å². The van der Waals surface area contributed by atoms with E-state index in [4.69, 9.17) is 16.0 Å². The standard InChI is InChI=1S/C12H11BrClNO/c13-11-5-8(14)3-7-4-10(16-12(7)11)6-15-9-1-2-9/h3-5,9,15H,1-2,6H2. The van der Waals surface area contributed by atoms with Crippen molar-refractivity contribution in [2.75, 3.05) is 0 Å². The fourth-order valence-corrected chi connectivity index (χ4v) is 2.66. The van der Waals surface area contributed by atoms with Crippen LogP contribution in [0, 0.1) is 0 Å². The Kier molecular flexibility index (Phi) is 2.70. The molecule has 0 atom stereocenters. The van der Waals surface area contributed by atoms with Crippen molar-refractivity contribution in [1.82, 2.24) is 5.32 Å². The fraction of sp³-hybridized carbons (Fsp3) is 0.333. The normalized spacial score (nSPS) is 15.9. The number of halogens is 2. The SMILES string of the molecule is Clc1cc(Br)c2oc(CNC3CC3)cc2c1. The van der Waals surface area contributed by atoms with Gasteiger partial charge in [0, 0.05) is 16.5 Å². The van der Waals surface area contributed by atoms with Crippen LogP contribution in [0.4, 0.5) is 0 Å². The molecule has 0 bridgehead atoms. The van der Waals surface area contributed by atoms with Crippen LogP contribution in [0.5, 0.6) is 0 Å². The van der Waals surface area contributed by atoms with E-state index in [2.05, 4.69) is 21.2 Å². The van der Waals surface area contributed by atoms with Crippen molar-refractivity contribution in [3.8, 4) is 0 Å². The molecule has 1 fully saturated rings. The number of hydrogen-bond acceptors (Lipinski definition) is 2. The van der Waals surface area contributed by atoms with Gasteiger partial charge in [0.05, 0.1) is 11.0 Å². The molecule has 4 heteroatoms. The highest BCUT2D eigenvalue weighted by molar-refractivity contribution is 9.10. The quantitative estimate of drug-likeness (QED) is 0.923. The van der Waals surface area contributed by atoms with Gasteiger partial charge in [-0.2, -0.15) is 0 Å². The van der Waals surface area contributed by atoms with E-state index in [1.807, 2.05) is 18.2 Å². The molecule has 0 spiro atoms. The van der Waals surface area contributed by atoms with E-state index >= 15 is 0 Å². The zero-order chi connectivity index (χ0) is 11.1. The van der Waals surface area contributed by atoms with E-state index in [-0.39, 0.29) is 0 Å². The molecule has 1 N–H and O–H groups in total. The number of benzene rings is 1. The van der Waals surface area contributed by atoms with Gasteiger partial charge >= 0.3 is 0 Å². The first-order chi connectivity index (χ1) is 7.72.